The van der Waals surface area contributed by atoms with E-state index in [2.05, 4.69) is 76.3 Å². The first-order valence-electron chi connectivity index (χ1n) is 14.3. The van der Waals surface area contributed by atoms with Crippen molar-refractivity contribution in [1.82, 2.24) is 0 Å². The number of fused-ring (bicyclic) bond motifs is 1. The molecular weight excluding hydrogens is 544 g/mol. The molecule has 5 aromatic carbocycles. The summed E-state index contributed by atoms with van der Waals surface area (Å²) in [6, 6.07) is 47.0. The van der Waals surface area contributed by atoms with Gasteiger partial charge in [-0.15, -0.1) is 36.4 Å². The van der Waals surface area contributed by atoms with Gasteiger partial charge >= 0.3 is 21.7 Å². The molecule has 1 aliphatic rings. The first-order valence-corrected chi connectivity index (χ1v) is 17.5. The summed E-state index contributed by atoms with van der Waals surface area (Å²) in [7, 11) is -1.33. The predicted molar refractivity (Wildman–Crippen MR) is 179 cm³/mol. The molecule has 41 heavy (non-hydrogen) atoms. The maximum atomic E-state index is 3.72. The molecule has 0 saturated carbocycles. The van der Waals surface area contributed by atoms with Crippen LogP contribution in [0.5, 0.6) is 0 Å². The normalized spacial score (nSPS) is 11.5. The maximum Gasteiger partial charge on any atom is 4.00 e. The van der Waals surface area contributed by atoms with Crippen molar-refractivity contribution in [3.05, 3.63) is 188 Å². The average Bonchev–Trinajstić information content (AvgIpc) is 3.38. The molecule has 0 bridgehead atoms. The Bertz CT molecular complexity index is 1230. The smallest absolute Gasteiger partial charge is 0.207 e. The molecular formula is C39H44SiTi. The van der Waals surface area contributed by atoms with E-state index in [9.17, 15) is 0 Å². The van der Waals surface area contributed by atoms with E-state index < -0.39 is 8.07 Å². The SMILES string of the molecule is C[Si](C)(Cc1cc2c([cH-]1)CCCC2)c1ccccc1.[CH2-]c1ccccc1.[CH2-]c1ccccc1.[CH2-]c1ccccc1.[Ti+4]. The predicted octanol–water partition coefficient (Wildman–Crippen LogP) is 9.59. The molecule has 0 unspecified atom stereocenters. The van der Waals surface area contributed by atoms with E-state index in [1.165, 1.54) is 31.7 Å². The van der Waals surface area contributed by atoms with Gasteiger partial charge < -0.3 is 0 Å². The third-order valence-electron chi connectivity index (χ3n) is 7.00. The van der Waals surface area contributed by atoms with E-state index in [1.54, 1.807) is 21.9 Å². The van der Waals surface area contributed by atoms with Gasteiger partial charge in [0.25, 0.3) is 0 Å². The molecule has 0 radical (unpaired) electrons. The molecule has 0 fully saturated rings. The number of rotatable bonds is 3. The van der Waals surface area contributed by atoms with Crippen LogP contribution in [-0.2, 0) is 40.6 Å². The monoisotopic (exact) mass is 588 g/mol. The van der Waals surface area contributed by atoms with Crippen molar-refractivity contribution < 1.29 is 21.7 Å². The minimum Gasteiger partial charge on any atom is -0.207 e. The second-order valence-electron chi connectivity index (χ2n) is 11.0. The summed E-state index contributed by atoms with van der Waals surface area (Å²) in [5.74, 6) is 0. The maximum absolute atomic E-state index is 3.72. The molecule has 5 aromatic rings. The molecule has 0 nitrogen and oxygen atoms in total. The first-order chi connectivity index (χ1) is 19.3. The minimum atomic E-state index is -1.33. The molecule has 0 heterocycles. The zero-order valence-electron chi connectivity index (χ0n) is 24.9. The summed E-state index contributed by atoms with van der Waals surface area (Å²) in [6.07, 6.45) is 5.39. The van der Waals surface area contributed by atoms with Gasteiger partial charge in [-0.3, -0.25) is 0 Å². The van der Waals surface area contributed by atoms with Crippen molar-refractivity contribution in [3.63, 3.8) is 0 Å². The summed E-state index contributed by atoms with van der Waals surface area (Å²) >= 11 is 0. The van der Waals surface area contributed by atoms with Crippen LogP contribution < -0.4 is 5.19 Å². The standard InChI is InChI=1S/C18H23Si.3C7H7.Ti/c1-19(2,18-10-4-3-5-11-18)14-15-12-16-8-6-7-9-17(16)13-15;3*1-7-5-3-2-4-6-7;/h3-5,10-13H,6-9,14H2,1-2H3;3*2-6H,1H2;/q4*-1;+4. The number of aryl methyl sites for hydroxylation is 2. The zero-order chi connectivity index (χ0) is 28.6. The molecule has 0 aromatic heterocycles. The first kappa shape index (κ1) is 34.0. The van der Waals surface area contributed by atoms with Crippen molar-refractivity contribution in [1.29, 1.82) is 0 Å². The van der Waals surface area contributed by atoms with Crippen molar-refractivity contribution in [2.45, 2.75) is 44.8 Å². The Kier molecular flexibility index (Phi) is 15.1. The molecule has 0 spiro atoms. The van der Waals surface area contributed by atoms with Gasteiger partial charge in [-0.05, 0) is 0 Å². The Balaban J connectivity index is 0.000000220. The minimum absolute atomic E-state index is 0. The Hall–Kier alpha value is -3.23. The summed E-state index contributed by atoms with van der Waals surface area (Å²) in [5.41, 5.74) is 8.08. The van der Waals surface area contributed by atoms with Crippen LogP contribution in [0.4, 0.5) is 0 Å². The van der Waals surface area contributed by atoms with Crippen LogP contribution >= 0.6 is 0 Å². The van der Waals surface area contributed by atoms with Crippen LogP contribution in [-0.4, -0.2) is 8.07 Å². The van der Waals surface area contributed by atoms with Gasteiger partial charge in [-0.1, -0.05) is 98.5 Å². The average molecular weight is 589 g/mol. The van der Waals surface area contributed by atoms with Crippen molar-refractivity contribution in [2.75, 3.05) is 0 Å². The van der Waals surface area contributed by atoms with Crippen LogP contribution in [0.3, 0.4) is 0 Å². The van der Waals surface area contributed by atoms with Crippen molar-refractivity contribution in [3.8, 4) is 0 Å². The van der Waals surface area contributed by atoms with Gasteiger partial charge in [0.1, 0.15) is 0 Å². The molecule has 6 rings (SSSR count). The summed E-state index contributed by atoms with van der Waals surface area (Å²) < 4.78 is 0. The van der Waals surface area contributed by atoms with Gasteiger partial charge in [-0.25, -0.2) is 6.07 Å². The van der Waals surface area contributed by atoms with E-state index in [-0.39, 0.29) is 21.7 Å². The number of hydrogen-bond donors (Lipinski definition) is 0. The van der Waals surface area contributed by atoms with Gasteiger partial charge in [0.2, 0.25) is 0 Å². The van der Waals surface area contributed by atoms with Crippen LogP contribution in [0.25, 0.3) is 0 Å². The van der Waals surface area contributed by atoms with Gasteiger partial charge in [-0.2, -0.15) is 96.6 Å². The van der Waals surface area contributed by atoms with Crippen molar-refractivity contribution in [2.24, 2.45) is 0 Å². The Morgan fingerprint density at radius 1 is 0.585 bits per heavy atom. The summed E-state index contributed by atoms with van der Waals surface area (Å²) in [6.45, 7) is 16.2. The topological polar surface area (TPSA) is 0 Å². The number of hydrogen-bond acceptors (Lipinski definition) is 0. The third-order valence-corrected chi connectivity index (χ3v) is 10.2. The Morgan fingerprint density at radius 2 is 0.976 bits per heavy atom. The van der Waals surface area contributed by atoms with E-state index in [0.29, 0.717) is 0 Å². The van der Waals surface area contributed by atoms with Crippen LogP contribution in [0.1, 0.15) is 46.2 Å². The fourth-order valence-electron chi connectivity index (χ4n) is 4.81. The van der Waals surface area contributed by atoms with E-state index >= 15 is 0 Å². The molecule has 0 aliphatic heterocycles. The molecule has 1 aliphatic carbocycles. The molecule has 0 amide bonds. The molecule has 2 heteroatoms. The zero-order valence-corrected chi connectivity index (χ0v) is 27.4. The summed E-state index contributed by atoms with van der Waals surface area (Å²) in [5, 5.41) is 1.58. The number of benzene rings is 4. The fraction of sp³-hybridized carbons (Fsp3) is 0.179. The molecule has 208 valence electrons. The second kappa shape index (κ2) is 18.3. The van der Waals surface area contributed by atoms with E-state index in [4.69, 9.17) is 0 Å². The quantitative estimate of drug-likeness (QED) is 0.145. The van der Waals surface area contributed by atoms with Gasteiger partial charge in [0, 0.05) is 0 Å². The van der Waals surface area contributed by atoms with Crippen LogP contribution in [0.2, 0.25) is 13.1 Å². The second-order valence-corrected chi connectivity index (χ2v) is 15.7. The summed E-state index contributed by atoms with van der Waals surface area (Å²) in [4.78, 5) is 0. The Morgan fingerprint density at radius 3 is 1.34 bits per heavy atom. The van der Waals surface area contributed by atoms with Crippen LogP contribution in [0, 0.1) is 20.8 Å². The Labute approximate surface area is 266 Å². The van der Waals surface area contributed by atoms with Crippen LogP contribution in [0.15, 0.2) is 133 Å². The molecule has 0 N–H and O–H groups in total. The fourth-order valence-corrected chi connectivity index (χ4v) is 7.33. The van der Waals surface area contributed by atoms with Gasteiger partial charge in [0.05, 0.1) is 8.07 Å². The largest absolute Gasteiger partial charge is 4.00 e. The molecule has 0 atom stereocenters. The van der Waals surface area contributed by atoms with E-state index in [1.807, 2.05) is 91.0 Å². The van der Waals surface area contributed by atoms with E-state index in [0.717, 1.165) is 16.7 Å². The molecule has 0 saturated heterocycles. The third kappa shape index (κ3) is 12.9. The van der Waals surface area contributed by atoms with Gasteiger partial charge in [0.15, 0.2) is 0 Å². The van der Waals surface area contributed by atoms with Crippen molar-refractivity contribution >= 4 is 13.3 Å².